The standard InChI is InChI=1S/C15H21N3O3/c1-17(11-13-4-2-3-7-16-13)15(21)18-8-5-12(6-9-18)10-14(19)20/h2-4,7,12H,5-6,8-11H2,1H3,(H,19,20). The highest BCUT2D eigenvalue weighted by Crippen LogP contribution is 2.21. The highest BCUT2D eigenvalue weighted by Gasteiger charge is 2.26. The molecule has 2 heterocycles. The van der Waals surface area contributed by atoms with Crippen LogP contribution in [0.25, 0.3) is 0 Å². The molecule has 114 valence electrons. The first-order chi connectivity index (χ1) is 10.1. The second-order valence-electron chi connectivity index (χ2n) is 5.49. The summed E-state index contributed by atoms with van der Waals surface area (Å²) in [4.78, 5) is 30.7. The maximum Gasteiger partial charge on any atom is 0.320 e. The molecule has 0 bridgehead atoms. The van der Waals surface area contributed by atoms with Crippen LogP contribution < -0.4 is 0 Å². The Balaban J connectivity index is 1.82. The number of carboxylic acid groups (broad SMARTS) is 1. The Morgan fingerprint density at radius 2 is 2.10 bits per heavy atom. The summed E-state index contributed by atoms with van der Waals surface area (Å²) >= 11 is 0. The van der Waals surface area contributed by atoms with E-state index in [4.69, 9.17) is 5.11 Å². The summed E-state index contributed by atoms with van der Waals surface area (Å²) < 4.78 is 0. The minimum Gasteiger partial charge on any atom is -0.481 e. The first-order valence-electron chi connectivity index (χ1n) is 7.18. The number of piperidine rings is 1. The molecule has 6 nitrogen and oxygen atoms in total. The molecule has 0 radical (unpaired) electrons. The molecule has 0 spiro atoms. The summed E-state index contributed by atoms with van der Waals surface area (Å²) in [7, 11) is 1.76. The molecule has 0 aromatic carbocycles. The lowest BCUT2D eigenvalue weighted by Gasteiger charge is -2.34. The Kier molecular flexibility index (Phi) is 5.14. The summed E-state index contributed by atoms with van der Waals surface area (Å²) in [5, 5.41) is 8.80. The zero-order valence-electron chi connectivity index (χ0n) is 12.2. The average Bonchev–Trinajstić information content (AvgIpc) is 2.47. The molecule has 6 heteroatoms. The van der Waals surface area contributed by atoms with E-state index in [1.165, 1.54) is 0 Å². The Bertz CT molecular complexity index is 484. The first kappa shape index (κ1) is 15.3. The molecule has 0 saturated carbocycles. The Morgan fingerprint density at radius 1 is 1.38 bits per heavy atom. The van der Waals surface area contributed by atoms with Gasteiger partial charge in [0.2, 0.25) is 0 Å². The molecule has 1 aromatic rings. The van der Waals surface area contributed by atoms with Gasteiger partial charge in [-0.05, 0) is 30.9 Å². The van der Waals surface area contributed by atoms with Crippen molar-refractivity contribution in [3.63, 3.8) is 0 Å². The van der Waals surface area contributed by atoms with E-state index in [0.717, 1.165) is 18.5 Å². The fourth-order valence-corrected chi connectivity index (χ4v) is 2.62. The van der Waals surface area contributed by atoms with Gasteiger partial charge in [0.1, 0.15) is 0 Å². The van der Waals surface area contributed by atoms with E-state index in [9.17, 15) is 9.59 Å². The van der Waals surface area contributed by atoms with Crippen LogP contribution in [0.3, 0.4) is 0 Å². The molecule has 1 saturated heterocycles. The van der Waals surface area contributed by atoms with Crippen LogP contribution in [0.15, 0.2) is 24.4 Å². The molecular formula is C15H21N3O3. The van der Waals surface area contributed by atoms with E-state index in [1.54, 1.807) is 23.0 Å². The number of nitrogens with zero attached hydrogens (tertiary/aromatic N) is 3. The van der Waals surface area contributed by atoms with E-state index in [2.05, 4.69) is 4.98 Å². The predicted octanol–water partition coefficient (Wildman–Crippen LogP) is 1.82. The second kappa shape index (κ2) is 7.06. The van der Waals surface area contributed by atoms with Gasteiger partial charge in [0.15, 0.2) is 0 Å². The number of aliphatic carboxylic acids is 1. The van der Waals surface area contributed by atoms with Gasteiger partial charge >= 0.3 is 12.0 Å². The summed E-state index contributed by atoms with van der Waals surface area (Å²) in [6.07, 6.45) is 3.43. The number of carboxylic acids is 1. The molecule has 21 heavy (non-hydrogen) atoms. The van der Waals surface area contributed by atoms with E-state index in [0.29, 0.717) is 19.6 Å². The van der Waals surface area contributed by atoms with E-state index < -0.39 is 5.97 Å². The lowest BCUT2D eigenvalue weighted by molar-refractivity contribution is -0.138. The van der Waals surface area contributed by atoms with Gasteiger partial charge in [0.05, 0.1) is 12.2 Å². The van der Waals surface area contributed by atoms with Crippen LogP contribution >= 0.6 is 0 Å². The molecule has 1 fully saturated rings. The number of hydrogen-bond donors (Lipinski definition) is 1. The molecule has 0 aliphatic carbocycles. The van der Waals surface area contributed by atoms with Crippen LogP contribution in [0, 0.1) is 5.92 Å². The number of rotatable bonds is 4. The fraction of sp³-hybridized carbons (Fsp3) is 0.533. The third-order valence-corrected chi connectivity index (χ3v) is 3.80. The predicted molar refractivity (Wildman–Crippen MR) is 77.6 cm³/mol. The number of hydrogen-bond acceptors (Lipinski definition) is 3. The van der Waals surface area contributed by atoms with Gasteiger partial charge in [-0.25, -0.2) is 4.79 Å². The van der Waals surface area contributed by atoms with Crippen LogP contribution in [-0.4, -0.2) is 52.0 Å². The molecule has 1 aliphatic heterocycles. The summed E-state index contributed by atoms with van der Waals surface area (Å²) in [6, 6.07) is 5.62. The maximum atomic E-state index is 12.3. The lowest BCUT2D eigenvalue weighted by atomic mass is 9.94. The van der Waals surface area contributed by atoms with Gasteiger partial charge in [-0.3, -0.25) is 9.78 Å². The van der Waals surface area contributed by atoms with E-state index in [-0.39, 0.29) is 18.4 Å². The molecule has 1 N–H and O–H groups in total. The number of likely N-dealkylation sites (tertiary alicyclic amines) is 1. The summed E-state index contributed by atoms with van der Waals surface area (Å²) in [5.74, 6) is -0.570. The largest absolute Gasteiger partial charge is 0.481 e. The van der Waals surface area contributed by atoms with E-state index in [1.807, 2.05) is 18.2 Å². The first-order valence-corrected chi connectivity index (χ1v) is 7.18. The summed E-state index contributed by atoms with van der Waals surface area (Å²) in [6.45, 7) is 1.74. The molecular weight excluding hydrogens is 270 g/mol. The van der Waals surface area contributed by atoms with Crippen LogP contribution in [0.2, 0.25) is 0 Å². The van der Waals surface area contributed by atoms with Crippen LogP contribution in [0.5, 0.6) is 0 Å². The van der Waals surface area contributed by atoms with Gasteiger partial charge in [-0.1, -0.05) is 6.07 Å². The normalized spacial score (nSPS) is 15.8. The number of carbonyl (C=O) groups is 2. The molecule has 0 atom stereocenters. The highest BCUT2D eigenvalue weighted by atomic mass is 16.4. The molecule has 0 unspecified atom stereocenters. The molecule has 1 aromatic heterocycles. The van der Waals surface area contributed by atoms with Crippen LogP contribution in [0.1, 0.15) is 25.0 Å². The van der Waals surface area contributed by atoms with Crippen molar-refractivity contribution in [3.05, 3.63) is 30.1 Å². The number of amides is 2. The van der Waals surface area contributed by atoms with Gasteiger partial charge in [-0.2, -0.15) is 0 Å². The number of aromatic nitrogens is 1. The fourth-order valence-electron chi connectivity index (χ4n) is 2.62. The number of pyridine rings is 1. The Hall–Kier alpha value is -2.11. The van der Waals surface area contributed by atoms with Crippen molar-refractivity contribution in [2.24, 2.45) is 5.92 Å². The average molecular weight is 291 g/mol. The van der Waals surface area contributed by atoms with E-state index >= 15 is 0 Å². The number of urea groups is 1. The van der Waals surface area contributed by atoms with Crippen molar-refractivity contribution in [3.8, 4) is 0 Å². The van der Waals surface area contributed by atoms with Gasteiger partial charge in [0.25, 0.3) is 0 Å². The van der Waals surface area contributed by atoms with Crippen molar-refractivity contribution >= 4 is 12.0 Å². The SMILES string of the molecule is CN(Cc1ccccn1)C(=O)N1CCC(CC(=O)O)CC1. The third kappa shape index (κ3) is 4.44. The molecule has 1 aliphatic rings. The second-order valence-corrected chi connectivity index (χ2v) is 5.49. The lowest BCUT2D eigenvalue weighted by Crippen LogP contribution is -2.45. The zero-order valence-corrected chi connectivity index (χ0v) is 12.2. The van der Waals surface area contributed by atoms with Crippen molar-refractivity contribution in [1.29, 1.82) is 0 Å². The van der Waals surface area contributed by atoms with Gasteiger partial charge in [0, 0.05) is 32.8 Å². The van der Waals surface area contributed by atoms with Crippen molar-refractivity contribution in [2.75, 3.05) is 20.1 Å². The molecule has 2 amide bonds. The van der Waals surface area contributed by atoms with Gasteiger partial charge < -0.3 is 14.9 Å². The van der Waals surface area contributed by atoms with Crippen molar-refractivity contribution in [1.82, 2.24) is 14.8 Å². The topological polar surface area (TPSA) is 73.7 Å². The zero-order chi connectivity index (χ0) is 15.2. The minimum absolute atomic E-state index is 0.0190. The van der Waals surface area contributed by atoms with Crippen molar-refractivity contribution < 1.29 is 14.7 Å². The van der Waals surface area contributed by atoms with Crippen LogP contribution in [0.4, 0.5) is 4.79 Å². The van der Waals surface area contributed by atoms with Crippen molar-refractivity contribution in [2.45, 2.75) is 25.8 Å². The number of carbonyl (C=O) groups excluding carboxylic acids is 1. The molecule has 2 rings (SSSR count). The summed E-state index contributed by atoms with van der Waals surface area (Å²) in [5.41, 5.74) is 0.856. The minimum atomic E-state index is -0.757. The Labute approximate surface area is 124 Å². The monoisotopic (exact) mass is 291 g/mol. The smallest absolute Gasteiger partial charge is 0.320 e. The third-order valence-electron chi connectivity index (χ3n) is 3.80. The maximum absolute atomic E-state index is 12.3. The highest BCUT2D eigenvalue weighted by molar-refractivity contribution is 5.74. The van der Waals surface area contributed by atoms with Gasteiger partial charge in [-0.15, -0.1) is 0 Å². The van der Waals surface area contributed by atoms with Crippen LogP contribution in [-0.2, 0) is 11.3 Å². The Morgan fingerprint density at radius 3 is 2.67 bits per heavy atom. The quantitative estimate of drug-likeness (QED) is 0.918.